The van der Waals surface area contributed by atoms with E-state index in [0.717, 1.165) is 0 Å². The highest BCUT2D eigenvalue weighted by Gasteiger charge is 2.74. The van der Waals surface area contributed by atoms with E-state index in [4.69, 9.17) is 9.78 Å². The van der Waals surface area contributed by atoms with Gasteiger partial charge in [-0.3, -0.25) is 0 Å². The molecule has 3 aliphatic rings. The average molecular weight is 208 g/mol. The molecule has 3 atom stereocenters. The highest BCUT2D eigenvalue weighted by atomic mass is 17.2. The first-order chi connectivity index (χ1) is 6.87. The van der Waals surface area contributed by atoms with Gasteiger partial charge in [-0.05, 0) is 25.8 Å². The van der Waals surface area contributed by atoms with Crippen LogP contribution in [-0.2, 0) is 9.78 Å². The summed E-state index contributed by atoms with van der Waals surface area (Å²) < 4.78 is 0. The predicted molar refractivity (Wildman–Crippen MR) is 58.2 cm³/mol. The summed E-state index contributed by atoms with van der Waals surface area (Å²) in [6.07, 6.45) is 8.15. The van der Waals surface area contributed by atoms with Crippen molar-refractivity contribution in [3.8, 4) is 0 Å². The monoisotopic (exact) mass is 208 g/mol. The molecule has 2 nitrogen and oxygen atoms in total. The van der Waals surface area contributed by atoms with Crippen molar-refractivity contribution >= 4 is 0 Å². The van der Waals surface area contributed by atoms with Crippen molar-refractivity contribution in [2.24, 2.45) is 10.8 Å². The molecule has 0 aromatic heterocycles. The van der Waals surface area contributed by atoms with Crippen molar-refractivity contribution in [2.75, 3.05) is 0 Å². The lowest BCUT2D eigenvalue weighted by molar-refractivity contribution is -0.354. The number of hydrogen-bond acceptors (Lipinski definition) is 2. The Labute approximate surface area is 91.6 Å². The summed E-state index contributed by atoms with van der Waals surface area (Å²) in [5, 5.41) is 0. The van der Waals surface area contributed by atoms with Crippen LogP contribution < -0.4 is 0 Å². The molecule has 3 unspecified atom stereocenters. The van der Waals surface area contributed by atoms with Crippen LogP contribution in [-0.4, -0.2) is 11.2 Å². The molecule has 1 aliphatic heterocycles. The Morgan fingerprint density at radius 3 is 2.20 bits per heavy atom. The summed E-state index contributed by atoms with van der Waals surface area (Å²) in [5.41, 5.74) is -0.135. The molecule has 1 saturated heterocycles. The van der Waals surface area contributed by atoms with Gasteiger partial charge in [0.05, 0.1) is 0 Å². The third kappa shape index (κ3) is 0.784. The van der Waals surface area contributed by atoms with E-state index < -0.39 is 0 Å². The number of rotatable bonds is 0. The van der Waals surface area contributed by atoms with E-state index in [1.54, 1.807) is 0 Å². The summed E-state index contributed by atoms with van der Waals surface area (Å²) >= 11 is 0. The molecule has 1 saturated carbocycles. The van der Waals surface area contributed by atoms with E-state index in [1.807, 2.05) is 0 Å². The maximum absolute atomic E-state index is 5.78. The minimum absolute atomic E-state index is 0.113. The number of hydrogen-bond donors (Lipinski definition) is 0. The molecule has 84 valence electrons. The lowest BCUT2D eigenvalue weighted by atomic mass is 9.52. The third-order valence-corrected chi connectivity index (χ3v) is 5.38. The molecule has 0 radical (unpaired) electrons. The zero-order valence-electron chi connectivity index (χ0n) is 10.1. The Morgan fingerprint density at radius 2 is 1.67 bits per heavy atom. The van der Waals surface area contributed by atoms with Gasteiger partial charge in [0.1, 0.15) is 11.2 Å². The van der Waals surface area contributed by atoms with E-state index in [9.17, 15) is 0 Å². The van der Waals surface area contributed by atoms with Crippen molar-refractivity contribution in [1.82, 2.24) is 0 Å². The molecule has 0 aromatic rings. The lowest BCUT2D eigenvalue weighted by Gasteiger charge is -2.52. The third-order valence-electron chi connectivity index (χ3n) is 5.38. The second-order valence-electron chi connectivity index (χ2n) is 6.41. The fourth-order valence-corrected chi connectivity index (χ4v) is 3.99. The zero-order valence-corrected chi connectivity index (χ0v) is 10.1. The molecular formula is C13H20O2. The van der Waals surface area contributed by atoms with Crippen LogP contribution in [0.25, 0.3) is 0 Å². The second kappa shape index (κ2) is 2.33. The molecule has 2 heteroatoms. The fraction of sp³-hybridized carbons (Fsp3) is 0.846. The Morgan fingerprint density at radius 1 is 0.933 bits per heavy atom. The Bertz CT molecular complexity index is 346. The van der Waals surface area contributed by atoms with E-state index >= 15 is 0 Å². The predicted octanol–water partition coefficient (Wildman–Crippen LogP) is 3.23. The van der Waals surface area contributed by atoms with Crippen molar-refractivity contribution < 1.29 is 9.78 Å². The van der Waals surface area contributed by atoms with Crippen molar-refractivity contribution in [2.45, 2.75) is 58.2 Å². The SMILES string of the molecule is CC1(C)CCCC2(C)C3(C)C=CC12OO3. The standard InChI is InChI=1S/C13H20O2/c1-10(2)6-5-7-11(3)12(4)8-9-13(10,11)15-14-12/h8-9H,5-7H2,1-4H3. The lowest BCUT2D eigenvalue weighted by Crippen LogP contribution is -2.57. The molecule has 1 heterocycles. The maximum Gasteiger partial charge on any atom is 0.135 e. The first-order valence-corrected chi connectivity index (χ1v) is 5.94. The van der Waals surface area contributed by atoms with Crippen LogP contribution in [0.4, 0.5) is 0 Å². The van der Waals surface area contributed by atoms with Crippen LogP contribution in [0, 0.1) is 10.8 Å². The fourth-order valence-electron chi connectivity index (χ4n) is 3.99. The van der Waals surface area contributed by atoms with Gasteiger partial charge in [-0.15, -0.1) is 0 Å². The molecule has 2 bridgehead atoms. The van der Waals surface area contributed by atoms with Crippen LogP contribution in [0.3, 0.4) is 0 Å². The molecule has 0 spiro atoms. The molecule has 15 heavy (non-hydrogen) atoms. The van der Waals surface area contributed by atoms with Crippen LogP contribution in [0.5, 0.6) is 0 Å². The zero-order chi connectivity index (χ0) is 10.9. The van der Waals surface area contributed by atoms with Gasteiger partial charge in [0, 0.05) is 10.8 Å². The topological polar surface area (TPSA) is 18.5 Å². The highest BCUT2D eigenvalue weighted by molar-refractivity contribution is 5.35. The van der Waals surface area contributed by atoms with Crippen molar-refractivity contribution in [1.29, 1.82) is 0 Å². The smallest absolute Gasteiger partial charge is 0.135 e. The van der Waals surface area contributed by atoms with Gasteiger partial charge in [-0.25, -0.2) is 9.78 Å². The van der Waals surface area contributed by atoms with Gasteiger partial charge < -0.3 is 0 Å². The van der Waals surface area contributed by atoms with Crippen LogP contribution in [0.2, 0.25) is 0 Å². The Kier molecular flexibility index (Phi) is 1.53. The maximum atomic E-state index is 5.78. The van der Waals surface area contributed by atoms with E-state index in [-0.39, 0.29) is 22.0 Å². The summed E-state index contributed by atoms with van der Waals surface area (Å²) in [7, 11) is 0. The Hall–Kier alpha value is -0.340. The largest absolute Gasteiger partial charge is 0.224 e. The highest BCUT2D eigenvalue weighted by Crippen LogP contribution is 2.69. The summed E-state index contributed by atoms with van der Waals surface area (Å²) in [6, 6.07) is 0. The van der Waals surface area contributed by atoms with Gasteiger partial charge in [0.2, 0.25) is 0 Å². The minimum atomic E-state index is -0.218. The van der Waals surface area contributed by atoms with E-state index in [1.165, 1.54) is 19.3 Å². The van der Waals surface area contributed by atoms with Gasteiger partial charge in [0.15, 0.2) is 0 Å². The van der Waals surface area contributed by atoms with Crippen molar-refractivity contribution in [3.63, 3.8) is 0 Å². The van der Waals surface area contributed by atoms with Gasteiger partial charge in [-0.2, -0.15) is 0 Å². The van der Waals surface area contributed by atoms with Crippen LogP contribution >= 0.6 is 0 Å². The minimum Gasteiger partial charge on any atom is -0.224 e. The van der Waals surface area contributed by atoms with Crippen LogP contribution in [0.1, 0.15) is 47.0 Å². The summed E-state index contributed by atoms with van der Waals surface area (Å²) in [6.45, 7) is 9.07. The molecule has 0 aromatic carbocycles. The van der Waals surface area contributed by atoms with Gasteiger partial charge in [0.25, 0.3) is 0 Å². The summed E-state index contributed by atoms with van der Waals surface area (Å²) in [5.74, 6) is 0. The van der Waals surface area contributed by atoms with E-state index in [2.05, 4.69) is 39.8 Å². The Balaban J connectivity index is 2.20. The molecule has 2 fully saturated rings. The summed E-state index contributed by atoms with van der Waals surface area (Å²) in [4.78, 5) is 11.4. The molecule has 2 aliphatic carbocycles. The van der Waals surface area contributed by atoms with Gasteiger partial charge >= 0.3 is 0 Å². The molecule has 3 rings (SSSR count). The molecular weight excluding hydrogens is 188 g/mol. The molecule has 0 amide bonds. The van der Waals surface area contributed by atoms with Crippen molar-refractivity contribution in [3.05, 3.63) is 12.2 Å². The van der Waals surface area contributed by atoms with E-state index in [0.29, 0.717) is 0 Å². The average Bonchev–Trinajstić information content (AvgIpc) is 2.50. The first kappa shape index (κ1) is 9.86. The second-order valence-corrected chi connectivity index (χ2v) is 6.41. The normalized spacial score (nSPS) is 55.7. The molecule has 0 N–H and O–H groups in total. The quantitative estimate of drug-likeness (QED) is 0.449. The van der Waals surface area contributed by atoms with Crippen LogP contribution in [0.15, 0.2) is 12.2 Å². The first-order valence-electron chi connectivity index (χ1n) is 5.94. The van der Waals surface area contributed by atoms with Gasteiger partial charge in [-0.1, -0.05) is 33.3 Å².